The van der Waals surface area contributed by atoms with Crippen molar-refractivity contribution in [1.82, 2.24) is 0 Å². The van der Waals surface area contributed by atoms with Crippen LogP contribution < -0.4 is 0 Å². The fourth-order valence-corrected chi connectivity index (χ4v) is 2.91. The molecule has 88 valence electrons. The van der Waals surface area contributed by atoms with E-state index in [-0.39, 0.29) is 5.78 Å². The molecule has 4 heteroatoms. The van der Waals surface area contributed by atoms with Crippen LogP contribution in [0.1, 0.15) is 26.4 Å². The van der Waals surface area contributed by atoms with Crippen molar-refractivity contribution in [3.8, 4) is 0 Å². The average molecular weight is 330 g/mol. The van der Waals surface area contributed by atoms with E-state index in [4.69, 9.17) is 11.6 Å². The van der Waals surface area contributed by atoms with Crippen molar-refractivity contribution < 1.29 is 4.79 Å². The monoisotopic (exact) mass is 328 g/mol. The van der Waals surface area contributed by atoms with Crippen molar-refractivity contribution in [2.75, 3.05) is 0 Å². The van der Waals surface area contributed by atoms with Crippen molar-refractivity contribution in [1.29, 1.82) is 0 Å². The lowest BCUT2D eigenvalue weighted by Crippen LogP contribution is -1.98. The third-order valence-corrected chi connectivity index (χ3v) is 4.94. The Bertz CT molecular complexity index is 570. The van der Waals surface area contributed by atoms with E-state index in [1.165, 1.54) is 11.3 Å². The summed E-state index contributed by atoms with van der Waals surface area (Å²) in [6.07, 6.45) is 0. The van der Waals surface area contributed by atoms with E-state index in [0.29, 0.717) is 14.8 Å². The van der Waals surface area contributed by atoms with Gasteiger partial charge in [0.05, 0.1) is 9.21 Å². The maximum absolute atomic E-state index is 12.2. The second-order valence-corrected chi connectivity index (χ2v) is 6.37. The molecule has 0 atom stereocenters. The molecule has 1 aromatic heterocycles. The highest BCUT2D eigenvalue weighted by Crippen LogP contribution is 2.29. The fraction of sp³-hybridized carbons (Fsp3) is 0.154. The third-order valence-electron chi connectivity index (χ3n) is 2.50. The summed E-state index contributed by atoms with van der Waals surface area (Å²) in [6, 6.07) is 7.44. The van der Waals surface area contributed by atoms with Gasteiger partial charge in [0.25, 0.3) is 0 Å². The number of thiophene rings is 1. The molecule has 0 bridgehead atoms. The number of carbonyl (C=O) groups is 1. The Labute approximate surface area is 118 Å². The highest BCUT2D eigenvalue weighted by Gasteiger charge is 2.14. The van der Waals surface area contributed by atoms with Gasteiger partial charge in [0.2, 0.25) is 5.78 Å². The van der Waals surface area contributed by atoms with E-state index in [0.717, 1.165) is 15.6 Å². The second kappa shape index (κ2) is 4.92. The van der Waals surface area contributed by atoms with Gasteiger partial charge in [-0.15, -0.1) is 11.3 Å². The summed E-state index contributed by atoms with van der Waals surface area (Å²) in [4.78, 5) is 12.9. The molecule has 0 amide bonds. The van der Waals surface area contributed by atoms with E-state index < -0.39 is 0 Å². The molecule has 0 N–H and O–H groups in total. The SMILES string of the molecule is Cc1cc(C(=O)c2cc(C)c(Cl)s2)ccc1Br. The largest absolute Gasteiger partial charge is 0.288 e. The molecular formula is C13H10BrClOS. The summed E-state index contributed by atoms with van der Waals surface area (Å²) in [5.74, 6) is 0.0283. The van der Waals surface area contributed by atoms with E-state index in [1.807, 2.05) is 38.1 Å². The number of hydrogen-bond acceptors (Lipinski definition) is 2. The molecule has 1 aromatic carbocycles. The molecule has 0 fully saturated rings. The van der Waals surface area contributed by atoms with Crippen LogP contribution in [-0.4, -0.2) is 5.78 Å². The Kier molecular flexibility index (Phi) is 3.71. The Morgan fingerprint density at radius 3 is 2.47 bits per heavy atom. The molecule has 1 nitrogen and oxygen atoms in total. The minimum atomic E-state index is 0.0283. The maximum Gasteiger partial charge on any atom is 0.203 e. The lowest BCUT2D eigenvalue weighted by atomic mass is 10.1. The lowest BCUT2D eigenvalue weighted by molar-refractivity contribution is 0.104. The summed E-state index contributed by atoms with van der Waals surface area (Å²) in [5.41, 5.74) is 2.70. The first-order valence-electron chi connectivity index (χ1n) is 5.06. The Morgan fingerprint density at radius 1 is 1.24 bits per heavy atom. The summed E-state index contributed by atoms with van der Waals surface area (Å²) < 4.78 is 1.69. The average Bonchev–Trinajstić information content (AvgIpc) is 2.62. The molecule has 17 heavy (non-hydrogen) atoms. The highest BCUT2D eigenvalue weighted by atomic mass is 79.9. The van der Waals surface area contributed by atoms with Crippen LogP contribution in [0.5, 0.6) is 0 Å². The minimum Gasteiger partial charge on any atom is -0.288 e. The number of rotatable bonds is 2. The van der Waals surface area contributed by atoms with E-state index in [1.54, 1.807) is 0 Å². The van der Waals surface area contributed by atoms with Crippen LogP contribution >= 0.6 is 38.9 Å². The summed E-state index contributed by atoms with van der Waals surface area (Å²) >= 11 is 10.7. The van der Waals surface area contributed by atoms with Crippen LogP contribution in [0.3, 0.4) is 0 Å². The number of carbonyl (C=O) groups excluding carboxylic acids is 1. The molecule has 0 radical (unpaired) electrons. The predicted octanol–water partition coefficient (Wildman–Crippen LogP) is 5.01. The van der Waals surface area contributed by atoms with Gasteiger partial charge in [0.1, 0.15) is 0 Å². The summed E-state index contributed by atoms with van der Waals surface area (Å²) in [5, 5.41) is 0. The van der Waals surface area contributed by atoms with Gasteiger partial charge < -0.3 is 0 Å². The van der Waals surface area contributed by atoms with Crippen LogP contribution in [0, 0.1) is 13.8 Å². The molecule has 0 aliphatic rings. The standard InChI is InChI=1S/C13H10BrClOS/c1-7-5-9(3-4-10(7)14)12(16)11-6-8(2)13(15)17-11/h3-6H,1-2H3. The van der Waals surface area contributed by atoms with E-state index in [9.17, 15) is 4.79 Å². The van der Waals surface area contributed by atoms with Gasteiger partial charge in [-0.25, -0.2) is 0 Å². The van der Waals surface area contributed by atoms with Crippen LogP contribution in [0.2, 0.25) is 4.34 Å². The van der Waals surface area contributed by atoms with Gasteiger partial charge in [-0.05, 0) is 49.2 Å². The van der Waals surface area contributed by atoms with Crippen molar-refractivity contribution >= 4 is 44.7 Å². The van der Waals surface area contributed by atoms with Crippen molar-refractivity contribution in [2.24, 2.45) is 0 Å². The van der Waals surface area contributed by atoms with Crippen molar-refractivity contribution in [3.05, 3.63) is 54.6 Å². The van der Waals surface area contributed by atoms with Crippen molar-refractivity contribution in [2.45, 2.75) is 13.8 Å². The molecule has 0 aliphatic carbocycles. The molecule has 2 aromatic rings. The first-order chi connectivity index (χ1) is 7.99. The summed E-state index contributed by atoms with van der Waals surface area (Å²) in [6.45, 7) is 3.87. The molecule has 0 saturated carbocycles. The molecule has 0 aliphatic heterocycles. The molecule has 1 heterocycles. The Morgan fingerprint density at radius 2 is 1.94 bits per heavy atom. The van der Waals surface area contributed by atoms with Crippen LogP contribution in [-0.2, 0) is 0 Å². The van der Waals surface area contributed by atoms with Gasteiger partial charge in [-0.1, -0.05) is 27.5 Å². The number of hydrogen-bond donors (Lipinski definition) is 0. The predicted molar refractivity (Wildman–Crippen MR) is 76.4 cm³/mol. The second-order valence-electron chi connectivity index (χ2n) is 3.86. The molecule has 0 unspecified atom stereocenters. The Hall–Kier alpha value is -0.640. The van der Waals surface area contributed by atoms with Gasteiger partial charge in [0.15, 0.2) is 0 Å². The summed E-state index contributed by atoms with van der Waals surface area (Å²) in [7, 11) is 0. The first-order valence-corrected chi connectivity index (χ1v) is 7.04. The molecular weight excluding hydrogens is 320 g/mol. The highest BCUT2D eigenvalue weighted by molar-refractivity contribution is 9.10. The normalized spacial score (nSPS) is 10.6. The smallest absolute Gasteiger partial charge is 0.203 e. The maximum atomic E-state index is 12.2. The van der Waals surface area contributed by atoms with Gasteiger partial charge in [0, 0.05) is 10.0 Å². The quantitative estimate of drug-likeness (QED) is 0.708. The van der Waals surface area contributed by atoms with Crippen LogP contribution in [0.25, 0.3) is 0 Å². The Balaban J connectivity index is 2.40. The number of benzene rings is 1. The lowest BCUT2D eigenvalue weighted by Gasteiger charge is -2.01. The number of aryl methyl sites for hydroxylation is 2. The van der Waals surface area contributed by atoms with Crippen LogP contribution in [0.15, 0.2) is 28.7 Å². The molecule has 0 spiro atoms. The van der Waals surface area contributed by atoms with Crippen molar-refractivity contribution in [3.63, 3.8) is 0 Å². The zero-order chi connectivity index (χ0) is 12.6. The number of ketones is 1. The zero-order valence-corrected chi connectivity index (χ0v) is 12.5. The zero-order valence-electron chi connectivity index (χ0n) is 9.38. The topological polar surface area (TPSA) is 17.1 Å². The fourth-order valence-electron chi connectivity index (χ4n) is 1.50. The van der Waals surface area contributed by atoms with Gasteiger partial charge in [-0.3, -0.25) is 4.79 Å². The van der Waals surface area contributed by atoms with E-state index >= 15 is 0 Å². The van der Waals surface area contributed by atoms with E-state index in [2.05, 4.69) is 15.9 Å². The third kappa shape index (κ3) is 2.62. The number of halogens is 2. The first kappa shape index (κ1) is 12.8. The van der Waals surface area contributed by atoms with Gasteiger partial charge in [-0.2, -0.15) is 0 Å². The molecule has 2 rings (SSSR count). The molecule has 0 saturated heterocycles. The van der Waals surface area contributed by atoms with Gasteiger partial charge >= 0.3 is 0 Å². The minimum absolute atomic E-state index is 0.0283. The van der Waals surface area contributed by atoms with Crippen LogP contribution in [0.4, 0.5) is 0 Å².